The van der Waals surface area contributed by atoms with Gasteiger partial charge < -0.3 is 5.11 Å². The molecule has 0 saturated carbocycles. The topological polar surface area (TPSA) is 55.5 Å². The van der Waals surface area contributed by atoms with Gasteiger partial charge in [-0.25, -0.2) is 5.90 Å². The summed E-state index contributed by atoms with van der Waals surface area (Å²) in [6.07, 6.45) is 0.354. The van der Waals surface area contributed by atoms with Crippen molar-refractivity contribution in [3.63, 3.8) is 0 Å². The van der Waals surface area contributed by atoms with Gasteiger partial charge in [0.15, 0.2) is 0 Å². The fourth-order valence-electron chi connectivity index (χ4n) is 1.28. The van der Waals surface area contributed by atoms with E-state index in [-0.39, 0.29) is 6.10 Å². The lowest BCUT2D eigenvalue weighted by molar-refractivity contribution is 0.124. The van der Waals surface area contributed by atoms with Crippen LogP contribution in [0.25, 0.3) is 0 Å². The Labute approximate surface area is 78.1 Å². The SMILES string of the molecule is CC(O)Cc1cccc(CON)c1. The Balaban J connectivity index is 2.67. The molecular formula is C10H15NO2. The van der Waals surface area contributed by atoms with Crippen molar-refractivity contribution >= 4 is 0 Å². The fraction of sp³-hybridized carbons (Fsp3) is 0.400. The second kappa shape index (κ2) is 4.97. The molecule has 72 valence electrons. The summed E-state index contributed by atoms with van der Waals surface area (Å²) in [6, 6.07) is 7.84. The molecule has 0 spiro atoms. The number of hydrogen-bond donors (Lipinski definition) is 2. The Morgan fingerprint density at radius 3 is 2.77 bits per heavy atom. The zero-order valence-corrected chi connectivity index (χ0v) is 7.73. The average Bonchev–Trinajstić information content (AvgIpc) is 2.04. The van der Waals surface area contributed by atoms with Crippen LogP contribution in [0, 0.1) is 0 Å². The number of benzene rings is 1. The summed E-state index contributed by atoms with van der Waals surface area (Å²) in [5, 5.41) is 9.17. The number of aliphatic hydroxyl groups excluding tert-OH is 1. The lowest BCUT2D eigenvalue weighted by atomic mass is 10.1. The molecule has 0 bridgehead atoms. The number of aliphatic hydroxyl groups is 1. The Hall–Kier alpha value is -0.900. The third kappa shape index (κ3) is 3.55. The van der Waals surface area contributed by atoms with Gasteiger partial charge in [0.2, 0.25) is 0 Å². The molecular weight excluding hydrogens is 166 g/mol. The van der Waals surface area contributed by atoms with Crippen molar-refractivity contribution < 1.29 is 9.94 Å². The van der Waals surface area contributed by atoms with Gasteiger partial charge in [-0.1, -0.05) is 24.3 Å². The highest BCUT2D eigenvalue weighted by atomic mass is 16.6. The van der Waals surface area contributed by atoms with Crippen molar-refractivity contribution in [2.24, 2.45) is 5.90 Å². The molecule has 1 aromatic carbocycles. The van der Waals surface area contributed by atoms with E-state index in [9.17, 15) is 5.11 Å². The van der Waals surface area contributed by atoms with Crippen LogP contribution in [-0.4, -0.2) is 11.2 Å². The Bertz CT molecular complexity index is 261. The predicted octanol–water partition coefficient (Wildman–Crippen LogP) is 1.00. The minimum absolute atomic E-state index is 0.311. The van der Waals surface area contributed by atoms with Crippen LogP contribution in [0.15, 0.2) is 24.3 Å². The van der Waals surface area contributed by atoms with E-state index in [1.807, 2.05) is 24.3 Å². The maximum atomic E-state index is 9.17. The van der Waals surface area contributed by atoms with E-state index in [0.29, 0.717) is 13.0 Å². The zero-order valence-electron chi connectivity index (χ0n) is 7.73. The summed E-state index contributed by atoms with van der Waals surface area (Å²) >= 11 is 0. The summed E-state index contributed by atoms with van der Waals surface area (Å²) in [6.45, 7) is 2.18. The van der Waals surface area contributed by atoms with E-state index in [2.05, 4.69) is 4.84 Å². The fourth-order valence-corrected chi connectivity index (χ4v) is 1.28. The highest BCUT2D eigenvalue weighted by molar-refractivity contribution is 5.23. The van der Waals surface area contributed by atoms with Crippen molar-refractivity contribution in [2.45, 2.75) is 26.1 Å². The van der Waals surface area contributed by atoms with Crippen molar-refractivity contribution in [2.75, 3.05) is 0 Å². The van der Waals surface area contributed by atoms with Gasteiger partial charge in [-0.15, -0.1) is 0 Å². The molecule has 0 heterocycles. The second-order valence-electron chi connectivity index (χ2n) is 3.18. The highest BCUT2D eigenvalue weighted by Gasteiger charge is 1.99. The van der Waals surface area contributed by atoms with Crippen LogP contribution in [0.3, 0.4) is 0 Å². The Morgan fingerprint density at radius 1 is 1.46 bits per heavy atom. The smallest absolute Gasteiger partial charge is 0.0930 e. The number of nitrogens with two attached hydrogens (primary N) is 1. The zero-order chi connectivity index (χ0) is 9.68. The quantitative estimate of drug-likeness (QED) is 0.681. The molecule has 0 saturated heterocycles. The summed E-state index contributed by atoms with van der Waals surface area (Å²) in [5.41, 5.74) is 2.13. The molecule has 0 aliphatic carbocycles. The van der Waals surface area contributed by atoms with E-state index in [0.717, 1.165) is 11.1 Å². The largest absolute Gasteiger partial charge is 0.393 e. The number of rotatable bonds is 4. The van der Waals surface area contributed by atoms with E-state index in [1.54, 1.807) is 6.92 Å². The van der Waals surface area contributed by atoms with Crippen molar-refractivity contribution in [1.29, 1.82) is 0 Å². The van der Waals surface area contributed by atoms with E-state index < -0.39 is 0 Å². The summed E-state index contributed by atoms with van der Waals surface area (Å²) in [7, 11) is 0. The molecule has 3 heteroatoms. The van der Waals surface area contributed by atoms with Crippen LogP contribution in [0.1, 0.15) is 18.1 Å². The molecule has 0 radical (unpaired) electrons. The van der Waals surface area contributed by atoms with Gasteiger partial charge in [0.25, 0.3) is 0 Å². The minimum Gasteiger partial charge on any atom is -0.393 e. The van der Waals surface area contributed by atoms with Gasteiger partial charge in [-0.2, -0.15) is 0 Å². The molecule has 0 amide bonds. The summed E-state index contributed by atoms with van der Waals surface area (Å²) in [5.74, 6) is 4.96. The van der Waals surface area contributed by atoms with Gasteiger partial charge in [0.05, 0.1) is 12.7 Å². The molecule has 13 heavy (non-hydrogen) atoms. The van der Waals surface area contributed by atoms with Gasteiger partial charge in [0, 0.05) is 0 Å². The van der Waals surface area contributed by atoms with Crippen LogP contribution in [0.2, 0.25) is 0 Å². The van der Waals surface area contributed by atoms with Crippen molar-refractivity contribution in [1.82, 2.24) is 0 Å². The first-order valence-electron chi connectivity index (χ1n) is 4.30. The first kappa shape index (κ1) is 10.2. The van der Waals surface area contributed by atoms with E-state index in [1.165, 1.54) is 0 Å². The molecule has 1 rings (SSSR count). The summed E-state index contributed by atoms with van der Waals surface area (Å²) in [4.78, 5) is 4.53. The Morgan fingerprint density at radius 2 is 2.15 bits per heavy atom. The first-order chi connectivity index (χ1) is 6.22. The van der Waals surface area contributed by atoms with Crippen LogP contribution in [0.5, 0.6) is 0 Å². The number of hydrogen-bond acceptors (Lipinski definition) is 3. The predicted molar refractivity (Wildman–Crippen MR) is 50.8 cm³/mol. The average molecular weight is 181 g/mol. The first-order valence-corrected chi connectivity index (χ1v) is 4.30. The molecule has 3 N–H and O–H groups in total. The maximum absolute atomic E-state index is 9.17. The molecule has 0 fully saturated rings. The van der Waals surface area contributed by atoms with Crippen molar-refractivity contribution in [3.8, 4) is 0 Å². The maximum Gasteiger partial charge on any atom is 0.0930 e. The summed E-state index contributed by atoms with van der Waals surface area (Å²) < 4.78 is 0. The van der Waals surface area contributed by atoms with Crippen LogP contribution < -0.4 is 5.90 Å². The third-order valence-corrected chi connectivity index (χ3v) is 1.77. The van der Waals surface area contributed by atoms with Gasteiger partial charge in [-0.05, 0) is 24.5 Å². The lowest BCUT2D eigenvalue weighted by Gasteiger charge is -2.06. The highest BCUT2D eigenvalue weighted by Crippen LogP contribution is 2.08. The third-order valence-electron chi connectivity index (χ3n) is 1.77. The minimum atomic E-state index is -0.311. The normalized spacial score (nSPS) is 12.8. The lowest BCUT2D eigenvalue weighted by Crippen LogP contribution is -2.05. The molecule has 1 aromatic rings. The van der Waals surface area contributed by atoms with Gasteiger partial charge in [-0.3, -0.25) is 4.84 Å². The molecule has 0 aliphatic rings. The van der Waals surface area contributed by atoms with Crippen molar-refractivity contribution in [3.05, 3.63) is 35.4 Å². The molecule has 1 unspecified atom stereocenters. The van der Waals surface area contributed by atoms with Crippen LogP contribution in [0.4, 0.5) is 0 Å². The second-order valence-corrected chi connectivity index (χ2v) is 3.18. The Kier molecular flexibility index (Phi) is 3.89. The molecule has 1 atom stereocenters. The van der Waals surface area contributed by atoms with E-state index in [4.69, 9.17) is 5.90 Å². The van der Waals surface area contributed by atoms with Gasteiger partial charge in [0.1, 0.15) is 0 Å². The molecule has 0 aliphatic heterocycles. The molecule has 3 nitrogen and oxygen atoms in total. The molecule has 0 aromatic heterocycles. The standard InChI is InChI=1S/C10H15NO2/c1-8(12)5-9-3-2-4-10(6-9)7-13-11/h2-4,6,8,12H,5,7,11H2,1H3. The monoisotopic (exact) mass is 181 g/mol. The van der Waals surface area contributed by atoms with Crippen LogP contribution >= 0.6 is 0 Å². The van der Waals surface area contributed by atoms with Crippen LogP contribution in [-0.2, 0) is 17.9 Å². The van der Waals surface area contributed by atoms with Gasteiger partial charge >= 0.3 is 0 Å². The van der Waals surface area contributed by atoms with E-state index >= 15 is 0 Å².